The summed E-state index contributed by atoms with van der Waals surface area (Å²) in [4.78, 5) is 0. The van der Waals surface area contributed by atoms with Crippen molar-refractivity contribution in [3.8, 4) is 16.9 Å². The maximum Gasteiger partial charge on any atom is 0.137 e. The first-order valence-electron chi connectivity index (χ1n) is 5.06. The molecule has 0 radical (unpaired) electrons. The van der Waals surface area contributed by atoms with Crippen molar-refractivity contribution in [1.29, 1.82) is 0 Å². The third kappa shape index (κ3) is 2.00. The molecule has 0 aliphatic rings. The molecule has 1 aromatic heterocycles. The maximum atomic E-state index is 13.8. The average molecular weight is 238 g/mol. The first-order valence-corrected chi connectivity index (χ1v) is 5.06. The number of aromatic nitrogens is 2. The van der Waals surface area contributed by atoms with Gasteiger partial charge in [-0.3, -0.25) is 4.68 Å². The van der Waals surface area contributed by atoms with Gasteiger partial charge in [0.2, 0.25) is 0 Å². The summed E-state index contributed by atoms with van der Waals surface area (Å²) >= 11 is 0. The van der Waals surface area contributed by atoms with Gasteiger partial charge in [-0.15, -0.1) is 0 Å². The summed E-state index contributed by atoms with van der Waals surface area (Å²) < 4.78 is 34.0. The number of aryl methyl sites for hydroxylation is 2. The number of halogens is 2. The zero-order valence-electron chi connectivity index (χ0n) is 9.79. The highest BCUT2D eigenvalue weighted by Crippen LogP contribution is 2.31. The van der Waals surface area contributed by atoms with Gasteiger partial charge in [0.25, 0.3) is 0 Å². The minimum absolute atomic E-state index is 0.0728. The SMILES string of the molecule is COc1cc(F)c(-c2cn(C)nc2C)c(F)c1. The highest BCUT2D eigenvalue weighted by molar-refractivity contribution is 5.67. The van der Waals surface area contributed by atoms with Crippen molar-refractivity contribution in [2.24, 2.45) is 7.05 Å². The Balaban J connectivity index is 2.63. The van der Waals surface area contributed by atoms with Crippen LogP contribution in [0.4, 0.5) is 8.78 Å². The second-order valence-electron chi connectivity index (χ2n) is 3.77. The molecule has 90 valence electrons. The predicted molar refractivity (Wildman–Crippen MR) is 59.8 cm³/mol. The molecule has 1 heterocycles. The molecule has 1 aromatic carbocycles. The van der Waals surface area contributed by atoms with Crippen LogP contribution in [0.15, 0.2) is 18.3 Å². The monoisotopic (exact) mass is 238 g/mol. The van der Waals surface area contributed by atoms with Crippen LogP contribution < -0.4 is 4.74 Å². The molecule has 2 rings (SSSR count). The maximum absolute atomic E-state index is 13.8. The summed E-state index contributed by atoms with van der Waals surface area (Å²) in [7, 11) is 3.07. The highest BCUT2D eigenvalue weighted by atomic mass is 19.1. The summed E-state index contributed by atoms with van der Waals surface area (Å²) in [6.45, 7) is 1.71. The predicted octanol–water partition coefficient (Wildman–Crippen LogP) is 2.68. The Bertz CT molecular complexity index is 541. The minimum atomic E-state index is -0.655. The van der Waals surface area contributed by atoms with E-state index in [2.05, 4.69) is 5.10 Å². The van der Waals surface area contributed by atoms with E-state index in [4.69, 9.17) is 4.74 Å². The van der Waals surface area contributed by atoms with Crippen LogP contribution in [0.5, 0.6) is 5.75 Å². The van der Waals surface area contributed by atoms with Crippen molar-refractivity contribution in [1.82, 2.24) is 9.78 Å². The fourth-order valence-electron chi connectivity index (χ4n) is 1.77. The van der Waals surface area contributed by atoms with Crippen LogP contribution in [-0.4, -0.2) is 16.9 Å². The van der Waals surface area contributed by atoms with E-state index < -0.39 is 11.6 Å². The summed E-state index contributed by atoms with van der Waals surface area (Å²) in [6, 6.07) is 2.32. The lowest BCUT2D eigenvalue weighted by atomic mass is 10.1. The van der Waals surface area contributed by atoms with Gasteiger partial charge in [-0.05, 0) is 6.92 Å². The van der Waals surface area contributed by atoms with E-state index in [0.717, 1.165) is 12.1 Å². The third-order valence-corrected chi connectivity index (χ3v) is 2.53. The van der Waals surface area contributed by atoms with Gasteiger partial charge in [-0.25, -0.2) is 8.78 Å². The summed E-state index contributed by atoms with van der Waals surface area (Å²) in [5.74, 6) is -1.15. The van der Waals surface area contributed by atoms with Crippen molar-refractivity contribution < 1.29 is 13.5 Å². The minimum Gasteiger partial charge on any atom is -0.497 e. The molecule has 0 unspecified atom stereocenters. The highest BCUT2D eigenvalue weighted by Gasteiger charge is 2.17. The normalized spacial score (nSPS) is 10.6. The molecule has 0 N–H and O–H groups in total. The molecule has 0 saturated heterocycles. The second-order valence-corrected chi connectivity index (χ2v) is 3.77. The van der Waals surface area contributed by atoms with Gasteiger partial charge in [-0.1, -0.05) is 0 Å². The van der Waals surface area contributed by atoms with Crippen molar-refractivity contribution in [3.63, 3.8) is 0 Å². The van der Waals surface area contributed by atoms with Gasteiger partial charge in [0, 0.05) is 30.9 Å². The number of nitrogens with zero attached hydrogens (tertiary/aromatic N) is 2. The molecule has 0 spiro atoms. The molecule has 0 aliphatic heterocycles. The van der Waals surface area contributed by atoms with E-state index in [0.29, 0.717) is 11.3 Å². The molecule has 0 fully saturated rings. The van der Waals surface area contributed by atoms with Crippen LogP contribution >= 0.6 is 0 Å². The number of ether oxygens (including phenoxy) is 1. The van der Waals surface area contributed by atoms with Crippen molar-refractivity contribution in [2.45, 2.75) is 6.92 Å². The molecule has 0 aliphatic carbocycles. The number of hydrogen-bond donors (Lipinski definition) is 0. The van der Waals surface area contributed by atoms with E-state index in [1.165, 1.54) is 11.8 Å². The summed E-state index contributed by atoms with van der Waals surface area (Å²) in [6.07, 6.45) is 1.59. The van der Waals surface area contributed by atoms with Gasteiger partial charge in [-0.2, -0.15) is 5.10 Å². The smallest absolute Gasteiger partial charge is 0.137 e. The topological polar surface area (TPSA) is 27.1 Å². The molecule has 0 saturated carbocycles. The second kappa shape index (κ2) is 4.16. The Labute approximate surface area is 97.6 Å². The zero-order chi connectivity index (χ0) is 12.6. The Morgan fingerprint density at radius 1 is 1.24 bits per heavy atom. The molecule has 5 heteroatoms. The van der Waals surface area contributed by atoms with E-state index >= 15 is 0 Å². The Morgan fingerprint density at radius 3 is 2.24 bits per heavy atom. The Morgan fingerprint density at radius 2 is 1.82 bits per heavy atom. The third-order valence-electron chi connectivity index (χ3n) is 2.53. The van der Waals surface area contributed by atoms with E-state index in [1.54, 1.807) is 20.2 Å². The largest absolute Gasteiger partial charge is 0.497 e. The molecule has 3 nitrogen and oxygen atoms in total. The van der Waals surface area contributed by atoms with Crippen molar-refractivity contribution >= 4 is 0 Å². The molecule has 0 bridgehead atoms. The van der Waals surface area contributed by atoms with Crippen LogP contribution in [0.1, 0.15) is 5.69 Å². The number of rotatable bonds is 2. The summed E-state index contributed by atoms with van der Waals surface area (Å²) in [5.41, 5.74) is 0.956. The Hall–Kier alpha value is -1.91. The van der Waals surface area contributed by atoms with Crippen LogP contribution in [0.25, 0.3) is 11.1 Å². The van der Waals surface area contributed by atoms with Crippen molar-refractivity contribution in [3.05, 3.63) is 35.7 Å². The van der Waals surface area contributed by atoms with Crippen LogP contribution in [0.2, 0.25) is 0 Å². The lowest BCUT2D eigenvalue weighted by molar-refractivity contribution is 0.407. The van der Waals surface area contributed by atoms with Gasteiger partial charge in [0.05, 0.1) is 18.4 Å². The van der Waals surface area contributed by atoms with Gasteiger partial charge < -0.3 is 4.74 Å². The van der Waals surface area contributed by atoms with Gasteiger partial charge in [0.15, 0.2) is 0 Å². The van der Waals surface area contributed by atoms with Crippen molar-refractivity contribution in [2.75, 3.05) is 7.11 Å². The summed E-state index contributed by atoms with van der Waals surface area (Å²) in [5, 5.41) is 4.06. The molecule has 2 aromatic rings. The van der Waals surface area contributed by atoms with E-state index in [-0.39, 0.29) is 11.3 Å². The first kappa shape index (κ1) is 11.6. The fourth-order valence-corrected chi connectivity index (χ4v) is 1.77. The van der Waals surface area contributed by atoms with E-state index in [9.17, 15) is 8.78 Å². The zero-order valence-corrected chi connectivity index (χ0v) is 9.79. The fraction of sp³-hybridized carbons (Fsp3) is 0.250. The van der Waals surface area contributed by atoms with Gasteiger partial charge >= 0.3 is 0 Å². The Kier molecular flexibility index (Phi) is 2.83. The van der Waals surface area contributed by atoms with Crippen LogP contribution in [-0.2, 0) is 7.05 Å². The average Bonchev–Trinajstić information content (AvgIpc) is 2.57. The lowest BCUT2D eigenvalue weighted by Gasteiger charge is -2.06. The number of benzene rings is 1. The lowest BCUT2D eigenvalue weighted by Crippen LogP contribution is -1.93. The van der Waals surface area contributed by atoms with Crippen LogP contribution in [0.3, 0.4) is 0 Å². The molecule has 0 atom stereocenters. The first-order chi connectivity index (χ1) is 8.02. The van der Waals surface area contributed by atoms with Crippen LogP contribution in [0, 0.1) is 18.6 Å². The van der Waals surface area contributed by atoms with Gasteiger partial charge in [0.1, 0.15) is 17.4 Å². The molecular formula is C12H12F2N2O. The molecule has 17 heavy (non-hydrogen) atoms. The quantitative estimate of drug-likeness (QED) is 0.804. The number of hydrogen-bond acceptors (Lipinski definition) is 2. The van der Waals surface area contributed by atoms with E-state index in [1.807, 2.05) is 0 Å². The standard InChI is InChI=1S/C12H12F2N2O/c1-7-9(6-16(2)15-7)12-10(13)4-8(17-3)5-11(12)14/h4-6H,1-3H3. The molecular weight excluding hydrogens is 226 g/mol. The number of methoxy groups -OCH3 is 1. The molecule has 0 amide bonds.